The highest BCUT2D eigenvalue weighted by atomic mass is 19.4. The van der Waals surface area contributed by atoms with Crippen LogP contribution in [0.2, 0.25) is 0 Å². The second-order valence-corrected chi connectivity index (χ2v) is 4.77. The van der Waals surface area contributed by atoms with E-state index in [4.69, 9.17) is 5.73 Å². The third-order valence-electron chi connectivity index (χ3n) is 3.53. The molecule has 98 valence electrons. The molecule has 0 radical (unpaired) electrons. The van der Waals surface area contributed by atoms with Crippen molar-refractivity contribution in [1.29, 1.82) is 0 Å². The maximum absolute atomic E-state index is 12.7. The number of halogens is 3. The van der Waals surface area contributed by atoms with Crippen molar-refractivity contribution in [3.05, 3.63) is 59.2 Å². The highest BCUT2D eigenvalue weighted by Gasteiger charge is 2.38. The number of hydrogen-bond donors (Lipinski definition) is 1. The Labute approximate surface area is 108 Å². The maximum Gasteiger partial charge on any atom is 0.407 e. The first-order valence-corrected chi connectivity index (χ1v) is 6.00. The fraction of sp³-hybridized carbons (Fsp3) is 0.200. The first-order chi connectivity index (χ1) is 8.97. The van der Waals surface area contributed by atoms with Crippen LogP contribution in [0, 0.1) is 0 Å². The molecule has 0 fully saturated rings. The molecule has 3 rings (SSSR count). The fourth-order valence-corrected chi connectivity index (χ4v) is 2.52. The third kappa shape index (κ3) is 2.02. The molecule has 4 heteroatoms. The molecule has 2 aromatic rings. The number of rotatable bonds is 1. The third-order valence-corrected chi connectivity index (χ3v) is 3.53. The normalized spacial score (nSPS) is 14.9. The van der Waals surface area contributed by atoms with Crippen LogP contribution in [0.4, 0.5) is 13.2 Å². The Balaban J connectivity index is 2.07. The smallest absolute Gasteiger partial charge is 0.316 e. The maximum atomic E-state index is 12.7. The highest BCUT2D eigenvalue weighted by molar-refractivity contribution is 5.77. The van der Waals surface area contributed by atoms with Gasteiger partial charge in [0.2, 0.25) is 0 Å². The minimum atomic E-state index is -4.41. The summed E-state index contributed by atoms with van der Waals surface area (Å²) >= 11 is 0. The van der Waals surface area contributed by atoms with E-state index in [-0.39, 0.29) is 5.56 Å². The summed E-state index contributed by atoms with van der Waals surface area (Å²) in [6.07, 6.45) is -3.64. The zero-order valence-corrected chi connectivity index (χ0v) is 10.0. The lowest BCUT2D eigenvalue weighted by Crippen LogP contribution is -2.28. The molecule has 2 aromatic carbocycles. The summed E-state index contributed by atoms with van der Waals surface area (Å²) in [6, 6.07) is 10.6. The van der Waals surface area contributed by atoms with Crippen LogP contribution < -0.4 is 5.73 Å². The molecule has 0 saturated heterocycles. The molecule has 0 spiro atoms. The summed E-state index contributed by atoms with van der Waals surface area (Å²) in [5, 5.41) is 0. The van der Waals surface area contributed by atoms with Gasteiger partial charge in [0.25, 0.3) is 0 Å². The van der Waals surface area contributed by atoms with Crippen LogP contribution in [0.1, 0.15) is 22.7 Å². The molecule has 0 heterocycles. The fourth-order valence-electron chi connectivity index (χ4n) is 2.52. The number of benzene rings is 2. The van der Waals surface area contributed by atoms with E-state index in [0.29, 0.717) is 0 Å². The average molecular weight is 263 g/mol. The summed E-state index contributed by atoms with van der Waals surface area (Å²) in [5.74, 6) is 0. The molecule has 0 bridgehead atoms. The summed E-state index contributed by atoms with van der Waals surface area (Å²) < 4.78 is 38.0. The zero-order chi connectivity index (χ0) is 13.6. The average Bonchev–Trinajstić information content (AvgIpc) is 2.74. The van der Waals surface area contributed by atoms with Gasteiger partial charge in [-0.2, -0.15) is 13.2 Å². The Morgan fingerprint density at radius 1 is 0.947 bits per heavy atom. The van der Waals surface area contributed by atoms with Gasteiger partial charge in [-0.25, -0.2) is 0 Å². The van der Waals surface area contributed by atoms with Crippen molar-refractivity contribution in [3.63, 3.8) is 0 Å². The van der Waals surface area contributed by atoms with Crippen molar-refractivity contribution in [2.75, 3.05) is 0 Å². The van der Waals surface area contributed by atoms with Crippen LogP contribution in [0.15, 0.2) is 42.5 Å². The van der Waals surface area contributed by atoms with Crippen LogP contribution in [0.5, 0.6) is 0 Å². The van der Waals surface area contributed by atoms with E-state index in [1.807, 2.05) is 24.3 Å². The lowest BCUT2D eigenvalue weighted by atomic mass is 9.99. The van der Waals surface area contributed by atoms with E-state index in [1.54, 1.807) is 12.1 Å². The monoisotopic (exact) mass is 263 g/mol. The van der Waals surface area contributed by atoms with Crippen molar-refractivity contribution >= 4 is 0 Å². The van der Waals surface area contributed by atoms with Crippen molar-refractivity contribution in [3.8, 4) is 11.1 Å². The van der Waals surface area contributed by atoms with Gasteiger partial charge in [0, 0.05) is 0 Å². The molecule has 0 saturated carbocycles. The van der Waals surface area contributed by atoms with E-state index in [2.05, 4.69) is 0 Å². The highest BCUT2D eigenvalue weighted by Crippen LogP contribution is 2.39. The van der Waals surface area contributed by atoms with Crippen LogP contribution in [0.3, 0.4) is 0 Å². The van der Waals surface area contributed by atoms with Gasteiger partial charge in [-0.05, 0) is 40.3 Å². The van der Waals surface area contributed by atoms with Crippen molar-refractivity contribution in [2.24, 2.45) is 5.73 Å². The van der Waals surface area contributed by atoms with Crippen LogP contribution in [-0.4, -0.2) is 6.18 Å². The molecule has 2 N–H and O–H groups in total. The van der Waals surface area contributed by atoms with E-state index in [9.17, 15) is 13.2 Å². The lowest BCUT2D eigenvalue weighted by Gasteiger charge is -2.16. The number of alkyl halides is 3. The van der Waals surface area contributed by atoms with E-state index < -0.39 is 12.2 Å². The van der Waals surface area contributed by atoms with Gasteiger partial charge in [0.1, 0.15) is 6.04 Å². The Morgan fingerprint density at radius 2 is 1.63 bits per heavy atom. The Bertz CT molecular complexity index is 632. The van der Waals surface area contributed by atoms with E-state index >= 15 is 0 Å². The predicted molar refractivity (Wildman–Crippen MR) is 67.7 cm³/mol. The van der Waals surface area contributed by atoms with Gasteiger partial charge < -0.3 is 5.73 Å². The molecule has 0 aliphatic heterocycles. The molecule has 0 amide bonds. The minimum Gasteiger partial charge on any atom is -0.316 e. The quantitative estimate of drug-likeness (QED) is 0.709. The standard InChI is InChI=1S/C15H12F3N/c16-15(17,18)14(19)11-6-5-10-7-9-3-1-2-4-12(9)13(10)8-11/h1-6,8,14H,7,19H2. The molecule has 1 nitrogen and oxygen atoms in total. The second kappa shape index (κ2) is 4.10. The topological polar surface area (TPSA) is 26.0 Å². The van der Waals surface area contributed by atoms with Crippen LogP contribution in [0.25, 0.3) is 11.1 Å². The predicted octanol–water partition coefficient (Wildman–Crippen LogP) is 3.82. The molecule has 1 aliphatic carbocycles. The van der Waals surface area contributed by atoms with Gasteiger partial charge >= 0.3 is 6.18 Å². The molecule has 1 aliphatic rings. The second-order valence-electron chi connectivity index (χ2n) is 4.77. The van der Waals surface area contributed by atoms with Gasteiger partial charge in [0.05, 0.1) is 0 Å². The molecule has 19 heavy (non-hydrogen) atoms. The van der Waals surface area contributed by atoms with Gasteiger partial charge in [-0.15, -0.1) is 0 Å². The van der Waals surface area contributed by atoms with Gasteiger partial charge in [-0.1, -0.05) is 36.4 Å². The van der Waals surface area contributed by atoms with Crippen molar-refractivity contribution in [1.82, 2.24) is 0 Å². The van der Waals surface area contributed by atoms with Crippen molar-refractivity contribution in [2.45, 2.75) is 18.6 Å². The summed E-state index contributed by atoms with van der Waals surface area (Å²) in [7, 11) is 0. The minimum absolute atomic E-state index is 0.114. The molecule has 1 atom stereocenters. The number of hydrogen-bond acceptors (Lipinski definition) is 1. The number of fused-ring (bicyclic) bond motifs is 3. The zero-order valence-electron chi connectivity index (χ0n) is 10.0. The first kappa shape index (κ1) is 12.2. The summed E-state index contributed by atoms with van der Waals surface area (Å²) in [6.45, 7) is 0. The molecular weight excluding hydrogens is 251 g/mol. The van der Waals surface area contributed by atoms with Crippen LogP contribution in [-0.2, 0) is 6.42 Å². The largest absolute Gasteiger partial charge is 0.407 e. The Morgan fingerprint density at radius 3 is 2.37 bits per heavy atom. The Hall–Kier alpha value is -1.81. The lowest BCUT2D eigenvalue weighted by molar-refractivity contribution is -0.149. The number of nitrogens with two attached hydrogens (primary N) is 1. The first-order valence-electron chi connectivity index (χ1n) is 6.00. The Kier molecular flexibility index (Phi) is 2.64. The molecule has 0 aromatic heterocycles. The molecular formula is C15H12F3N. The van der Waals surface area contributed by atoms with Crippen LogP contribution >= 0.6 is 0 Å². The van der Waals surface area contributed by atoms with Gasteiger partial charge in [-0.3, -0.25) is 0 Å². The summed E-state index contributed by atoms with van der Waals surface area (Å²) in [5.41, 5.74) is 9.45. The summed E-state index contributed by atoms with van der Waals surface area (Å²) in [4.78, 5) is 0. The van der Waals surface area contributed by atoms with Crippen molar-refractivity contribution < 1.29 is 13.2 Å². The van der Waals surface area contributed by atoms with E-state index in [0.717, 1.165) is 28.7 Å². The SMILES string of the molecule is NC(c1ccc2c(c1)-c1ccccc1C2)C(F)(F)F. The molecule has 1 unspecified atom stereocenters. The van der Waals surface area contributed by atoms with Gasteiger partial charge in [0.15, 0.2) is 0 Å². The van der Waals surface area contributed by atoms with E-state index in [1.165, 1.54) is 6.07 Å².